The molecule has 3 amide bonds. The molecule has 1 aliphatic heterocycles. The van der Waals surface area contributed by atoms with E-state index in [-0.39, 0.29) is 55.2 Å². The van der Waals surface area contributed by atoms with Gasteiger partial charge in [-0.25, -0.2) is 4.98 Å². The predicted molar refractivity (Wildman–Crippen MR) is 197 cm³/mol. The van der Waals surface area contributed by atoms with Crippen LogP contribution in [0.3, 0.4) is 0 Å². The molecule has 17 heteroatoms. The fraction of sp³-hybridized carbons (Fsp3) is 0.632. The molecule has 4 rings (SSSR count). The highest BCUT2D eigenvalue weighted by molar-refractivity contribution is 7.09. The summed E-state index contributed by atoms with van der Waals surface area (Å²) in [6.07, 6.45) is -3.39. The minimum Gasteiger partial charge on any atom is -0.469 e. The van der Waals surface area contributed by atoms with Crippen LogP contribution in [0.5, 0.6) is 0 Å². The highest BCUT2D eigenvalue weighted by atomic mass is 32.1. The minimum atomic E-state index is -4.50. The maximum atomic E-state index is 14.0. The smallest absolute Gasteiger partial charge is 0.416 e. The van der Waals surface area contributed by atoms with Gasteiger partial charge < -0.3 is 29.7 Å². The number of amides is 3. The molecule has 1 aliphatic carbocycles. The molecular formula is C38H52F3N5O8S. The number of likely N-dealkylation sites (N-methyl/N-ethyl adjacent to an activating group) is 2. The van der Waals surface area contributed by atoms with Crippen LogP contribution in [0, 0.1) is 17.8 Å². The van der Waals surface area contributed by atoms with Gasteiger partial charge in [-0.3, -0.25) is 28.9 Å². The highest BCUT2D eigenvalue weighted by Gasteiger charge is 2.42. The van der Waals surface area contributed by atoms with Crippen molar-refractivity contribution in [2.24, 2.45) is 17.8 Å². The molecule has 304 valence electrons. The number of esters is 2. The number of carbonyl (C=O) groups excluding carboxylic acids is 5. The number of alkyl halides is 3. The molecule has 55 heavy (non-hydrogen) atoms. The third kappa shape index (κ3) is 12.2. The Bertz CT molecular complexity index is 1650. The summed E-state index contributed by atoms with van der Waals surface area (Å²) in [6, 6.07) is 2.21. The molecule has 0 unspecified atom stereocenters. The fourth-order valence-corrected chi connectivity index (χ4v) is 7.57. The van der Waals surface area contributed by atoms with Crippen molar-refractivity contribution < 1.29 is 51.4 Å². The number of methoxy groups -OCH3 is 1. The Kier molecular flexibility index (Phi) is 15.2. The second-order valence-corrected chi connectivity index (χ2v) is 15.7. The van der Waals surface area contributed by atoms with Gasteiger partial charge in [0.1, 0.15) is 22.8 Å². The van der Waals surface area contributed by atoms with E-state index in [1.165, 1.54) is 31.5 Å². The molecule has 1 aromatic heterocycles. The highest BCUT2D eigenvalue weighted by Crippen LogP contribution is 2.36. The first kappa shape index (κ1) is 43.6. The first-order valence-electron chi connectivity index (χ1n) is 18.4. The van der Waals surface area contributed by atoms with Gasteiger partial charge in [0.25, 0.3) is 5.91 Å². The first-order chi connectivity index (χ1) is 25.9. The second-order valence-electron chi connectivity index (χ2n) is 14.8. The molecule has 2 heterocycles. The zero-order valence-electron chi connectivity index (χ0n) is 32.3. The van der Waals surface area contributed by atoms with Gasteiger partial charge in [0.05, 0.1) is 31.8 Å². The van der Waals surface area contributed by atoms with Crippen LogP contribution >= 0.6 is 11.3 Å². The van der Waals surface area contributed by atoms with Gasteiger partial charge in [-0.1, -0.05) is 32.9 Å². The lowest BCUT2D eigenvalue weighted by atomic mass is 9.95. The summed E-state index contributed by atoms with van der Waals surface area (Å²) >= 11 is 1.10. The number of rotatable bonds is 17. The molecule has 2 aromatic rings. The summed E-state index contributed by atoms with van der Waals surface area (Å²) < 4.78 is 55.5. The van der Waals surface area contributed by atoms with Gasteiger partial charge in [0.15, 0.2) is 6.10 Å². The summed E-state index contributed by atoms with van der Waals surface area (Å²) in [7, 11) is 4.76. The summed E-state index contributed by atoms with van der Waals surface area (Å²) in [5.41, 5.74) is -0.277. The SMILES string of the molecule is COC(=O)[C@@H](C)C[C@H](Cc1ccc(C(F)(F)F)cc1)NC(=O)c1csc([C@@H](C[C@H](C(C)C)N(C)C(=O)[C@@H](NC(=O)[C@H]2COCCN2C)C2CC2)OC(C)=O)n1. The van der Waals surface area contributed by atoms with E-state index in [2.05, 4.69) is 15.6 Å². The molecule has 1 saturated carbocycles. The molecule has 13 nitrogen and oxygen atoms in total. The van der Waals surface area contributed by atoms with Crippen LogP contribution in [0.4, 0.5) is 13.2 Å². The minimum absolute atomic E-state index is 0.00418. The maximum absolute atomic E-state index is 14.0. The van der Waals surface area contributed by atoms with Gasteiger partial charge in [-0.15, -0.1) is 11.3 Å². The van der Waals surface area contributed by atoms with Crippen LogP contribution in [0.15, 0.2) is 29.6 Å². The number of nitrogens with one attached hydrogen (secondary N) is 2. The number of ether oxygens (including phenoxy) is 3. The standard InChI is InChI=1S/C38H52F3N5O8S/c1-21(2)29(46(6)36(50)32(25-10-11-25)44-34(49)30-19-53-15-14-45(30)5)18-31(54-23(4)47)35-43-28(20-55-35)33(48)42-27(16-22(3)37(51)52-7)17-24-8-12-26(13-9-24)38(39,40)41/h8-9,12-13,20-22,25,27,29-32H,10-11,14-19H2,1-7H3,(H,42,48)(H,44,49)/t22-,27+,29+,30+,31+,32-/m0/s1. The average Bonchev–Trinajstić information content (AvgIpc) is 3.85. The number of carbonyl (C=O) groups is 5. The lowest BCUT2D eigenvalue weighted by Gasteiger charge is -2.37. The van der Waals surface area contributed by atoms with Gasteiger partial charge in [-0.05, 0) is 62.3 Å². The van der Waals surface area contributed by atoms with E-state index >= 15 is 0 Å². The monoisotopic (exact) mass is 795 g/mol. The van der Waals surface area contributed by atoms with Crippen LogP contribution in [0.2, 0.25) is 0 Å². The Balaban J connectivity index is 1.50. The van der Waals surface area contributed by atoms with E-state index < -0.39 is 65.8 Å². The maximum Gasteiger partial charge on any atom is 0.416 e. The molecule has 2 N–H and O–H groups in total. The Morgan fingerprint density at radius 3 is 2.31 bits per heavy atom. The number of benzene rings is 1. The number of hydrogen-bond donors (Lipinski definition) is 2. The molecule has 0 bridgehead atoms. The molecule has 0 spiro atoms. The predicted octanol–water partition coefficient (Wildman–Crippen LogP) is 4.40. The van der Waals surface area contributed by atoms with Crippen molar-refractivity contribution in [1.82, 2.24) is 25.4 Å². The zero-order valence-corrected chi connectivity index (χ0v) is 33.1. The summed E-state index contributed by atoms with van der Waals surface area (Å²) in [6.45, 7) is 8.12. The summed E-state index contributed by atoms with van der Waals surface area (Å²) in [5.74, 6) is -2.94. The van der Waals surface area contributed by atoms with Crippen molar-refractivity contribution >= 4 is 41.0 Å². The van der Waals surface area contributed by atoms with Crippen molar-refractivity contribution in [3.8, 4) is 0 Å². The quantitative estimate of drug-likeness (QED) is 0.220. The van der Waals surface area contributed by atoms with Crippen LogP contribution in [-0.2, 0) is 46.0 Å². The molecular weight excluding hydrogens is 744 g/mol. The van der Waals surface area contributed by atoms with E-state index in [1.807, 2.05) is 25.8 Å². The van der Waals surface area contributed by atoms with E-state index in [0.29, 0.717) is 23.7 Å². The Hall–Kier alpha value is -4.09. The largest absolute Gasteiger partial charge is 0.469 e. The fourth-order valence-electron chi connectivity index (χ4n) is 6.73. The van der Waals surface area contributed by atoms with Gasteiger partial charge in [0.2, 0.25) is 11.8 Å². The normalized spacial score (nSPS) is 19.1. The second kappa shape index (κ2) is 19.2. The molecule has 0 radical (unpaired) electrons. The molecule has 6 atom stereocenters. The number of hydrogen-bond acceptors (Lipinski definition) is 11. The lowest BCUT2D eigenvalue weighted by molar-refractivity contribution is -0.149. The van der Waals surface area contributed by atoms with Crippen LogP contribution in [-0.4, -0.2) is 110 Å². The number of halogens is 3. The van der Waals surface area contributed by atoms with Crippen molar-refractivity contribution in [3.63, 3.8) is 0 Å². The van der Waals surface area contributed by atoms with Crippen LogP contribution in [0.25, 0.3) is 0 Å². The molecule has 2 aliphatic rings. The third-order valence-electron chi connectivity index (χ3n) is 10.1. The molecule has 2 fully saturated rings. The number of morpholine rings is 1. The third-order valence-corrected chi connectivity index (χ3v) is 11.0. The Morgan fingerprint density at radius 2 is 1.75 bits per heavy atom. The Labute approximate surface area is 323 Å². The number of nitrogens with zero attached hydrogens (tertiary/aromatic N) is 3. The first-order valence-corrected chi connectivity index (χ1v) is 19.3. The summed E-state index contributed by atoms with van der Waals surface area (Å²) in [5, 5.41) is 7.67. The number of aromatic nitrogens is 1. The van der Waals surface area contributed by atoms with E-state index in [1.54, 1.807) is 18.9 Å². The van der Waals surface area contributed by atoms with Gasteiger partial charge >= 0.3 is 18.1 Å². The van der Waals surface area contributed by atoms with Gasteiger partial charge in [-0.2, -0.15) is 13.2 Å². The van der Waals surface area contributed by atoms with Crippen molar-refractivity contribution in [2.75, 3.05) is 41.0 Å². The molecule has 1 aromatic carbocycles. The molecule has 1 saturated heterocycles. The van der Waals surface area contributed by atoms with Crippen molar-refractivity contribution in [2.45, 2.75) is 96.2 Å². The zero-order chi connectivity index (χ0) is 40.6. The summed E-state index contributed by atoms with van der Waals surface area (Å²) in [4.78, 5) is 73.5. The van der Waals surface area contributed by atoms with Crippen LogP contribution in [0.1, 0.15) is 86.1 Å². The lowest BCUT2D eigenvalue weighted by Crippen LogP contribution is -2.58. The van der Waals surface area contributed by atoms with E-state index in [0.717, 1.165) is 36.3 Å². The van der Waals surface area contributed by atoms with Crippen molar-refractivity contribution in [1.29, 1.82) is 0 Å². The van der Waals surface area contributed by atoms with Crippen molar-refractivity contribution in [3.05, 3.63) is 51.5 Å². The van der Waals surface area contributed by atoms with E-state index in [4.69, 9.17) is 14.2 Å². The van der Waals surface area contributed by atoms with Crippen LogP contribution < -0.4 is 10.6 Å². The topological polar surface area (TPSA) is 156 Å². The average molecular weight is 796 g/mol. The van der Waals surface area contributed by atoms with E-state index in [9.17, 15) is 37.1 Å². The number of thiazole rings is 1. The van der Waals surface area contributed by atoms with Gasteiger partial charge in [0, 0.05) is 44.4 Å². The Morgan fingerprint density at radius 1 is 1.07 bits per heavy atom.